The zero-order valence-electron chi connectivity index (χ0n) is 11.2. The molecular weight excluding hydrogens is 288 g/mol. The molecule has 7 heteroatoms. The maximum Gasteiger partial charge on any atom is 0.243 e. The van der Waals surface area contributed by atoms with E-state index < -0.39 is 0 Å². The Morgan fingerprint density at radius 2 is 2.33 bits per heavy atom. The van der Waals surface area contributed by atoms with Crippen LogP contribution < -0.4 is 10.2 Å². The normalized spacial score (nSPS) is 24.8. The highest BCUT2D eigenvalue weighted by molar-refractivity contribution is 8.82. The average Bonchev–Trinajstić information content (AvgIpc) is 2.28. The molecule has 1 saturated heterocycles. The summed E-state index contributed by atoms with van der Waals surface area (Å²) in [5.41, 5.74) is 2.15. The molecule has 1 aliphatic heterocycles. The molecule has 1 aliphatic rings. The number of carbonyl (C=O) groups excluding carboxylic acids is 1. The summed E-state index contributed by atoms with van der Waals surface area (Å²) in [5, 5.41) is 0. The highest BCUT2D eigenvalue weighted by Crippen LogP contribution is 2.18. The second-order valence-corrected chi connectivity index (χ2v) is 10.3. The Balaban J connectivity index is 2.07. The SMILES string of the molecule is CC(C)(C)ONC(=O)CCCC1CCS(=S)SN1. The Bertz CT molecular complexity index is 295. The van der Waals surface area contributed by atoms with E-state index in [0.29, 0.717) is 12.5 Å². The van der Waals surface area contributed by atoms with E-state index >= 15 is 0 Å². The Morgan fingerprint density at radius 3 is 2.89 bits per heavy atom. The Morgan fingerprint density at radius 1 is 1.61 bits per heavy atom. The monoisotopic (exact) mass is 310 g/mol. The van der Waals surface area contributed by atoms with Crippen LogP contribution in [0.2, 0.25) is 0 Å². The minimum absolute atomic E-state index is 0.0450. The van der Waals surface area contributed by atoms with E-state index in [9.17, 15) is 4.79 Å². The fourth-order valence-corrected chi connectivity index (χ4v) is 4.38. The lowest BCUT2D eigenvalue weighted by Gasteiger charge is -2.23. The van der Waals surface area contributed by atoms with Crippen molar-refractivity contribution in [1.29, 1.82) is 0 Å². The van der Waals surface area contributed by atoms with Crippen molar-refractivity contribution in [1.82, 2.24) is 10.2 Å². The van der Waals surface area contributed by atoms with Gasteiger partial charge in [-0.15, -0.1) is 0 Å². The van der Waals surface area contributed by atoms with Crippen molar-refractivity contribution in [3.8, 4) is 0 Å². The summed E-state index contributed by atoms with van der Waals surface area (Å²) in [6.07, 6.45) is 3.53. The summed E-state index contributed by atoms with van der Waals surface area (Å²) in [4.78, 5) is 16.7. The van der Waals surface area contributed by atoms with Gasteiger partial charge < -0.3 is 0 Å². The second kappa shape index (κ2) is 7.79. The lowest BCUT2D eigenvalue weighted by Crippen LogP contribution is -2.34. The topological polar surface area (TPSA) is 50.4 Å². The van der Waals surface area contributed by atoms with Gasteiger partial charge in [-0.1, -0.05) is 0 Å². The zero-order valence-corrected chi connectivity index (χ0v) is 13.6. The number of rotatable bonds is 5. The van der Waals surface area contributed by atoms with Crippen LogP contribution in [0.25, 0.3) is 0 Å². The van der Waals surface area contributed by atoms with Crippen LogP contribution in [0.15, 0.2) is 0 Å². The third-order valence-electron chi connectivity index (χ3n) is 2.37. The van der Waals surface area contributed by atoms with Crippen LogP contribution in [0.3, 0.4) is 0 Å². The number of hydrogen-bond acceptors (Lipinski definition) is 5. The average molecular weight is 311 g/mol. The van der Waals surface area contributed by atoms with Crippen LogP contribution in [0.5, 0.6) is 0 Å². The molecule has 2 N–H and O–H groups in total. The van der Waals surface area contributed by atoms with E-state index in [1.807, 2.05) is 20.8 Å². The lowest BCUT2D eigenvalue weighted by molar-refractivity contribution is -0.145. The summed E-state index contributed by atoms with van der Waals surface area (Å²) in [6, 6.07) is 0.498. The quantitative estimate of drug-likeness (QED) is 0.462. The molecule has 2 unspecified atom stereocenters. The van der Waals surface area contributed by atoms with Crippen LogP contribution in [-0.4, -0.2) is 23.3 Å². The molecular formula is C11H22N2O2S3. The minimum Gasteiger partial charge on any atom is -0.273 e. The summed E-state index contributed by atoms with van der Waals surface area (Å²) in [7, 11) is 1.72. The Hall–Kier alpha value is 0.310. The number of nitrogens with one attached hydrogen (secondary N) is 2. The molecule has 0 aliphatic carbocycles. The lowest BCUT2D eigenvalue weighted by atomic mass is 10.1. The first-order chi connectivity index (χ1) is 8.37. The highest BCUT2D eigenvalue weighted by atomic mass is 33.3. The van der Waals surface area contributed by atoms with Crippen LogP contribution in [-0.2, 0) is 29.3 Å². The number of amides is 1. The van der Waals surface area contributed by atoms with Crippen molar-refractivity contribution >= 4 is 36.6 Å². The molecule has 0 spiro atoms. The molecule has 106 valence electrons. The van der Waals surface area contributed by atoms with Gasteiger partial charge in [0.05, 0.1) is 5.60 Å². The van der Waals surface area contributed by atoms with Crippen LogP contribution in [0.4, 0.5) is 0 Å². The first-order valence-corrected chi connectivity index (χ1v) is 9.80. The van der Waals surface area contributed by atoms with Gasteiger partial charge in [-0.25, -0.2) is 5.48 Å². The summed E-state index contributed by atoms with van der Waals surface area (Å²) in [6.45, 7) is 5.72. The molecule has 0 aromatic heterocycles. The van der Waals surface area contributed by atoms with Gasteiger partial charge in [-0.05, 0) is 70.7 Å². The molecule has 0 aromatic carbocycles. The largest absolute Gasteiger partial charge is 0.273 e. The Labute approximate surface area is 120 Å². The predicted octanol–water partition coefficient (Wildman–Crippen LogP) is 2.01. The molecule has 1 heterocycles. The maximum atomic E-state index is 11.5. The number of hydroxylamine groups is 1. The second-order valence-electron chi connectivity index (χ2n) is 5.33. The first kappa shape index (κ1) is 16.4. The summed E-state index contributed by atoms with van der Waals surface area (Å²) >= 11 is 5.21. The standard InChI is InChI=1S/C11H22N2O2S3/c1-11(2,3)15-12-10(14)6-4-5-9-7-8-18(16)17-13-9/h9,13H,4-8H2,1-3H3,(H,12,14). The zero-order chi connectivity index (χ0) is 13.6. The minimum atomic E-state index is -0.337. The third kappa shape index (κ3) is 7.68. The van der Waals surface area contributed by atoms with Crippen molar-refractivity contribution in [3.05, 3.63) is 0 Å². The molecule has 0 radical (unpaired) electrons. The molecule has 18 heavy (non-hydrogen) atoms. The Kier molecular flexibility index (Phi) is 7.08. The molecule has 0 bridgehead atoms. The van der Waals surface area contributed by atoms with E-state index in [2.05, 4.69) is 10.2 Å². The smallest absolute Gasteiger partial charge is 0.243 e. The van der Waals surface area contributed by atoms with Gasteiger partial charge in [-0.3, -0.25) is 14.4 Å². The van der Waals surface area contributed by atoms with Crippen molar-refractivity contribution < 1.29 is 9.63 Å². The van der Waals surface area contributed by atoms with E-state index in [1.165, 1.54) is 0 Å². The highest BCUT2D eigenvalue weighted by Gasteiger charge is 2.16. The fourth-order valence-electron chi connectivity index (χ4n) is 1.43. The van der Waals surface area contributed by atoms with Gasteiger partial charge in [0.2, 0.25) is 5.91 Å². The summed E-state index contributed by atoms with van der Waals surface area (Å²) < 4.78 is 3.36. The first-order valence-electron chi connectivity index (χ1n) is 6.15. The predicted molar refractivity (Wildman–Crippen MR) is 81.6 cm³/mol. The van der Waals surface area contributed by atoms with Crippen LogP contribution >= 0.6 is 11.0 Å². The molecule has 1 amide bonds. The molecule has 1 rings (SSSR count). The van der Waals surface area contributed by atoms with Gasteiger partial charge in [0.1, 0.15) is 0 Å². The van der Waals surface area contributed by atoms with E-state index in [0.717, 1.165) is 25.0 Å². The maximum absolute atomic E-state index is 11.5. The van der Waals surface area contributed by atoms with E-state index in [4.69, 9.17) is 16.0 Å². The van der Waals surface area contributed by atoms with Gasteiger partial charge >= 0.3 is 0 Å². The molecule has 4 nitrogen and oxygen atoms in total. The van der Waals surface area contributed by atoms with Crippen LogP contribution in [0.1, 0.15) is 46.5 Å². The van der Waals surface area contributed by atoms with Crippen LogP contribution in [0, 0.1) is 0 Å². The molecule has 0 aromatic rings. The molecule has 2 atom stereocenters. The summed E-state index contributed by atoms with van der Waals surface area (Å²) in [5.74, 6) is 1.06. The van der Waals surface area contributed by atoms with E-state index in [-0.39, 0.29) is 20.0 Å². The van der Waals surface area contributed by atoms with E-state index in [1.54, 1.807) is 11.0 Å². The molecule has 0 saturated carbocycles. The van der Waals surface area contributed by atoms with Gasteiger partial charge in [0.15, 0.2) is 0 Å². The number of hydrogen-bond donors (Lipinski definition) is 2. The fraction of sp³-hybridized carbons (Fsp3) is 0.909. The number of carbonyl (C=O) groups is 1. The van der Waals surface area contributed by atoms with Crippen molar-refractivity contribution in [2.75, 3.05) is 5.75 Å². The van der Waals surface area contributed by atoms with Crippen molar-refractivity contribution in [2.45, 2.75) is 58.1 Å². The van der Waals surface area contributed by atoms with Crippen molar-refractivity contribution in [3.63, 3.8) is 0 Å². The third-order valence-corrected chi connectivity index (χ3v) is 6.01. The van der Waals surface area contributed by atoms with Crippen molar-refractivity contribution in [2.24, 2.45) is 0 Å². The van der Waals surface area contributed by atoms with Gasteiger partial charge in [0, 0.05) is 18.2 Å². The molecule has 1 fully saturated rings. The van der Waals surface area contributed by atoms with Gasteiger partial charge in [-0.2, -0.15) is 0 Å². The van der Waals surface area contributed by atoms with Gasteiger partial charge in [0.25, 0.3) is 0 Å².